The van der Waals surface area contributed by atoms with Crippen molar-refractivity contribution in [1.82, 2.24) is 4.72 Å². The summed E-state index contributed by atoms with van der Waals surface area (Å²) in [7, 11) is -8.02. The molecule has 2 aliphatic carbocycles. The first-order valence-electron chi connectivity index (χ1n) is 10.7. The number of rotatable bonds is 9. The van der Waals surface area contributed by atoms with Crippen LogP contribution >= 0.6 is 11.6 Å². The van der Waals surface area contributed by atoms with E-state index in [0.29, 0.717) is 23.4 Å². The summed E-state index contributed by atoms with van der Waals surface area (Å²) in [6.45, 7) is 6.31. The summed E-state index contributed by atoms with van der Waals surface area (Å²) in [5.41, 5.74) is 3.12. The Labute approximate surface area is 231 Å². The number of nitrogens with one attached hydrogen (secondary N) is 1. The fraction of sp³-hybridized carbons (Fsp3) is 0.333. The molecule has 0 radical (unpaired) electrons. The van der Waals surface area contributed by atoms with Crippen molar-refractivity contribution in [2.24, 2.45) is 0 Å². The minimum atomic E-state index is -4.38. The van der Waals surface area contributed by atoms with Gasteiger partial charge in [-0.2, -0.15) is 8.42 Å². The fourth-order valence-electron chi connectivity index (χ4n) is 3.83. The molecule has 1 unspecified atom stereocenters. The molecule has 0 amide bonds. The number of hydrogen-bond acceptors (Lipinski definition) is 4. The van der Waals surface area contributed by atoms with Crippen molar-refractivity contribution in [2.45, 2.75) is 55.2 Å². The van der Waals surface area contributed by atoms with E-state index >= 15 is 0 Å². The fourth-order valence-corrected chi connectivity index (χ4v) is 5.76. The molecule has 0 aliphatic heterocycles. The molecule has 0 spiro atoms. The molecule has 34 heavy (non-hydrogen) atoms. The molecule has 2 N–H and O–H groups in total. The van der Waals surface area contributed by atoms with Gasteiger partial charge in [-0.05, 0) is 71.7 Å². The Kier molecular flexibility index (Phi) is 10.2. The van der Waals surface area contributed by atoms with E-state index in [9.17, 15) is 21.4 Å². The summed E-state index contributed by atoms with van der Waals surface area (Å²) in [6.07, 6.45) is 1.18. The van der Waals surface area contributed by atoms with Crippen LogP contribution in [0.2, 0.25) is 5.02 Å². The van der Waals surface area contributed by atoms with Gasteiger partial charge in [-0.3, -0.25) is 4.55 Å². The van der Waals surface area contributed by atoms with Gasteiger partial charge in [0.1, 0.15) is 4.90 Å². The van der Waals surface area contributed by atoms with Gasteiger partial charge >= 0.3 is 29.6 Å². The van der Waals surface area contributed by atoms with Crippen LogP contribution in [0.25, 0.3) is 11.1 Å². The van der Waals surface area contributed by atoms with Crippen molar-refractivity contribution in [3.8, 4) is 11.1 Å². The van der Waals surface area contributed by atoms with Crippen LogP contribution in [-0.2, 0) is 20.1 Å². The topological polar surface area (TPSA) is 101 Å². The van der Waals surface area contributed by atoms with Crippen molar-refractivity contribution in [2.75, 3.05) is 6.54 Å². The van der Waals surface area contributed by atoms with Crippen LogP contribution < -0.4 is 34.3 Å². The molecule has 180 valence electrons. The summed E-state index contributed by atoms with van der Waals surface area (Å²) in [4.78, 5) is 0.0434. The maximum atomic E-state index is 12.4. The molecule has 10 heteroatoms. The zero-order chi connectivity index (χ0) is 24.4. The normalized spacial score (nSPS) is 13.1. The monoisotopic (exact) mass is 533 g/mol. The van der Waals surface area contributed by atoms with Gasteiger partial charge in [0.05, 0.1) is 4.90 Å². The first-order chi connectivity index (χ1) is 15.4. The van der Waals surface area contributed by atoms with Gasteiger partial charge in [-0.25, -0.2) is 13.1 Å². The van der Waals surface area contributed by atoms with Crippen molar-refractivity contribution in [3.05, 3.63) is 70.7 Å². The molecule has 3 rings (SSSR count). The quantitative estimate of drug-likeness (QED) is 0.250. The summed E-state index contributed by atoms with van der Waals surface area (Å²) in [6, 6.07) is 15.0. The van der Waals surface area contributed by atoms with E-state index in [0.717, 1.165) is 16.7 Å². The first-order valence-corrected chi connectivity index (χ1v) is 14.0. The van der Waals surface area contributed by atoms with Gasteiger partial charge in [0.15, 0.2) is 0 Å². The second kappa shape index (κ2) is 11.8. The number of fused-ring (bicyclic) bond motifs is 1. The average molecular weight is 534 g/mol. The smallest absolute Gasteiger partial charge is 1.00 e. The number of hydrogen-bond donors (Lipinski definition) is 2. The summed E-state index contributed by atoms with van der Waals surface area (Å²) in [5.74, 6) is 0.221. The maximum absolute atomic E-state index is 12.4. The molecule has 0 bridgehead atoms. The maximum Gasteiger partial charge on any atom is 1.00 e. The van der Waals surface area contributed by atoms with Gasteiger partial charge in [0.25, 0.3) is 10.1 Å². The Morgan fingerprint density at radius 3 is 2.09 bits per heavy atom. The Morgan fingerprint density at radius 2 is 1.53 bits per heavy atom. The Bertz CT molecular complexity index is 1320. The van der Waals surface area contributed by atoms with Crippen molar-refractivity contribution < 1.29 is 52.4 Å². The van der Waals surface area contributed by atoms with Gasteiger partial charge < -0.3 is 1.43 Å². The second-order valence-corrected chi connectivity index (χ2v) is 12.1. The van der Waals surface area contributed by atoms with E-state index in [4.69, 9.17) is 11.6 Å². The van der Waals surface area contributed by atoms with Gasteiger partial charge in [-0.1, -0.05) is 56.6 Å². The van der Waals surface area contributed by atoms with Gasteiger partial charge in [0.2, 0.25) is 10.0 Å². The van der Waals surface area contributed by atoms with Crippen molar-refractivity contribution >= 4 is 31.7 Å². The predicted octanol–water partition coefficient (Wildman–Crippen LogP) is 2.79. The SMILES string of the molecule is CC(C)c1ccc2c(C(C)CCCNS(=O)(=O)c3ccc(Cl)cc3)cc(S(=O)(=O)O)c-2cc1.[H-].[Na+]. The van der Waals surface area contributed by atoms with Crippen LogP contribution in [0.1, 0.15) is 58.0 Å². The molecule has 1 atom stereocenters. The number of benzene rings is 1. The number of halogens is 1. The van der Waals surface area contributed by atoms with Crippen LogP contribution in [0.15, 0.2) is 64.4 Å². The standard InChI is InChI=1S/C24H28ClNO5S2.Na.H/c1-16(2)18-6-12-21-22(13-7-18)24(33(29,30)31)15-23(21)17(3)5-4-14-26-32(27,28)20-10-8-19(25)9-11-20;;/h6-13,15-17,26H,4-5,14H2,1-3H3,(H,29,30,31);;/q;+1;-1. The van der Waals surface area contributed by atoms with E-state index in [-0.39, 0.29) is 59.2 Å². The third kappa shape index (κ3) is 7.04. The molecule has 0 saturated heterocycles. The third-order valence-electron chi connectivity index (χ3n) is 5.74. The van der Waals surface area contributed by atoms with Gasteiger partial charge in [0, 0.05) is 17.1 Å². The zero-order valence-corrected chi connectivity index (χ0v) is 24.1. The zero-order valence-electron chi connectivity index (χ0n) is 20.7. The molecule has 0 saturated carbocycles. The van der Waals surface area contributed by atoms with Crippen LogP contribution in [0.3, 0.4) is 0 Å². The van der Waals surface area contributed by atoms with Crippen molar-refractivity contribution in [1.29, 1.82) is 0 Å². The Balaban J connectivity index is 0.00000306. The van der Waals surface area contributed by atoms with E-state index in [2.05, 4.69) is 18.6 Å². The number of sulfonamides is 1. The predicted molar refractivity (Wildman–Crippen MR) is 132 cm³/mol. The Hall–Kier alpha value is -0.970. The largest absolute Gasteiger partial charge is 1.00 e. The van der Waals surface area contributed by atoms with Crippen LogP contribution in [-0.4, -0.2) is 27.9 Å². The molecule has 1 aromatic carbocycles. The van der Waals surface area contributed by atoms with Crippen LogP contribution in [0.4, 0.5) is 0 Å². The molecule has 0 fully saturated rings. The van der Waals surface area contributed by atoms with E-state index in [1.165, 1.54) is 30.3 Å². The van der Waals surface area contributed by atoms with Crippen molar-refractivity contribution in [3.63, 3.8) is 0 Å². The molecule has 0 heterocycles. The first kappa shape index (κ1) is 29.3. The molecule has 1 aromatic rings. The molecule has 2 aliphatic rings. The van der Waals surface area contributed by atoms with Crippen LogP contribution in [0, 0.1) is 0 Å². The molecule has 6 nitrogen and oxygen atoms in total. The second-order valence-electron chi connectivity index (χ2n) is 8.48. The van der Waals surface area contributed by atoms with E-state index < -0.39 is 20.1 Å². The summed E-state index contributed by atoms with van der Waals surface area (Å²) in [5, 5.41) is 0.461. The van der Waals surface area contributed by atoms with Crippen LogP contribution in [0.5, 0.6) is 0 Å². The minimum Gasteiger partial charge on any atom is -1.00 e. The summed E-state index contributed by atoms with van der Waals surface area (Å²) >= 11 is 5.82. The Morgan fingerprint density at radius 1 is 0.941 bits per heavy atom. The third-order valence-corrected chi connectivity index (χ3v) is 8.37. The molecule has 0 aromatic heterocycles. The molecular formula is C24H29ClNNaO5S2. The summed E-state index contributed by atoms with van der Waals surface area (Å²) < 4.78 is 61.2. The van der Waals surface area contributed by atoms with E-state index in [1.807, 2.05) is 25.1 Å². The average Bonchev–Trinajstić information content (AvgIpc) is 2.96. The minimum absolute atomic E-state index is 0. The van der Waals surface area contributed by atoms with Gasteiger partial charge in [-0.15, -0.1) is 0 Å². The molecular weight excluding hydrogens is 505 g/mol. The van der Waals surface area contributed by atoms with E-state index in [1.54, 1.807) is 6.07 Å².